The molecule has 0 spiro atoms. The predicted octanol–water partition coefficient (Wildman–Crippen LogP) is 2.74. The molecule has 1 rings (SSSR count). The van der Waals surface area contributed by atoms with E-state index in [-0.39, 0.29) is 37.5 Å². The molecule has 8 nitrogen and oxygen atoms in total. The van der Waals surface area contributed by atoms with Crippen molar-refractivity contribution in [1.82, 2.24) is 4.90 Å². The van der Waals surface area contributed by atoms with Crippen LogP contribution in [-0.2, 0) is 15.8 Å². The van der Waals surface area contributed by atoms with Gasteiger partial charge in [0.1, 0.15) is 5.69 Å². The first kappa shape index (κ1) is 21.2. The van der Waals surface area contributed by atoms with Crippen molar-refractivity contribution in [2.45, 2.75) is 25.9 Å². The van der Waals surface area contributed by atoms with Crippen molar-refractivity contribution in [2.75, 3.05) is 25.0 Å². The second kappa shape index (κ2) is 9.02. The third kappa shape index (κ3) is 6.22. The maximum absolute atomic E-state index is 12.6. The van der Waals surface area contributed by atoms with Crippen LogP contribution in [0.2, 0.25) is 0 Å². The number of halogens is 3. The van der Waals surface area contributed by atoms with Crippen molar-refractivity contribution in [3.63, 3.8) is 0 Å². The van der Waals surface area contributed by atoms with E-state index in [1.165, 1.54) is 4.90 Å². The molecule has 0 aliphatic heterocycles. The van der Waals surface area contributed by atoms with Crippen molar-refractivity contribution in [3.05, 3.63) is 33.9 Å². The lowest BCUT2D eigenvalue weighted by Crippen LogP contribution is -2.33. The van der Waals surface area contributed by atoms with Gasteiger partial charge in [-0.1, -0.05) is 0 Å². The van der Waals surface area contributed by atoms with Gasteiger partial charge < -0.3 is 15.3 Å². The highest BCUT2D eigenvalue weighted by atomic mass is 19.4. The Morgan fingerprint density at radius 1 is 1.31 bits per heavy atom. The number of hydrogen-bond donors (Lipinski definition) is 2. The number of carbonyl (C=O) groups excluding carboxylic acids is 1. The van der Waals surface area contributed by atoms with E-state index in [1.54, 1.807) is 6.92 Å². The number of hydrogen-bond acceptors (Lipinski definition) is 5. The highest BCUT2D eigenvalue weighted by molar-refractivity contribution is 5.77. The summed E-state index contributed by atoms with van der Waals surface area (Å²) in [5.74, 6) is -1.41. The number of anilines is 1. The number of nitrogens with one attached hydrogen (secondary N) is 1. The topological polar surface area (TPSA) is 113 Å². The largest absolute Gasteiger partial charge is 0.481 e. The first-order valence-electron chi connectivity index (χ1n) is 7.65. The number of nitro groups is 1. The second-order valence-corrected chi connectivity index (χ2v) is 5.28. The van der Waals surface area contributed by atoms with E-state index in [4.69, 9.17) is 5.11 Å². The summed E-state index contributed by atoms with van der Waals surface area (Å²) < 4.78 is 37.9. The van der Waals surface area contributed by atoms with Crippen LogP contribution in [0.5, 0.6) is 0 Å². The van der Waals surface area contributed by atoms with Gasteiger partial charge in [-0.05, 0) is 19.1 Å². The van der Waals surface area contributed by atoms with E-state index < -0.39 is 28.3 Å². The van der Waals surface area contributed by atoms with Crippen LogP contribution in [0.15, 0.2) is 18.2 Å². The molecule has 0 bridgehead atoms. The van der Waals surface area contributed by atoms with Gasteiger partial charge in [0, 0.05) is 32.1 Å². The molecule has 0 unspecified atom stereocenters. The van der Waals surface area contributed by atoms with Gasteiger partial charge in [0.05, 0.1) is 16.9 Å². The summed E-state index contributed by atoms with van der Waals surface area (Å²) in [6.45, 7) is 1.96. The minimum absolute atomic E-state index is 0.0328. The molecule has 26 heavy (non-hydrogen) atoms. The fourth-order valence-corrected chi connectivity index (χ4v) is 2.16. The molecule has 0 saturated heterocycles. The number of carboxylic acids is 1. The van der Waals surface area contributed by atoms with Gasteiger partial charge in [0.15, 0.2) is 0 Å². The fraction of sp³-hybridized carbons (Fsp3) is 0.467. The molecule has 1 amide bonds. The highest BCUT2D eigenvalue weighted by Crippen LogP contribution is 2.34. The minimum atomic E-state index is -4.70. The summed E-state index contributed by atoms with van der Waals surface area (Å²) >= 11 is 0. The number of rotatable bonds is 9. The summed E-state index contributed by atoms with van der Waals surface area (Å²) in [5, 5.41) is 22.2. The molecule has 2 N–H and O–H groups in total. The van der Waals surface area contributed by atoms with E-state index in [9.17, 15) is 32.9 Å². The average Bonchev–Trinajstić information content (AvgIpc) is 2.54. The van der Waals surface area contributed by atoms with Gasteiger partial charge >= 0.3 is 12.1 Å². The summed E-state index contributed by atoms with van der Waals surface area (Å²) in [5.41, 5.74) is -2.02. The van der Waals surface area contributed by atoms with Crippen LogP contribution in [0.3, 0.4) is 0 Å². The Hall–Kier alpha value is -2.85. The Morgan fingerprint density at radius 3 is 2.46 bits per heavy atom. The molecule has 0 aliphatic rings. The lowest BCUT2D eigenvalue weighted by molar-refractivity contribution is -0.384. The summed E-state index contributed by atoms with van der Waals surface area (Å²) in [4.78, 5) is 33.9. The molecule has 1 aromatic carbocycles. The number of carboxylic acid groups (broad SMARTS) is 1. The number of aliphatic carboxylic acids is 1. The number of nitro benzene ring substituents is 1. The van der Waals surface area contributed by atoms with Crippen molar-refractivity contribution >= 4 is 23.3 Å². The van der Waals surface area contributed by atoms with Gasteiger partial charge in [-0.2, -0.15) is 13.2 Å². The molecule has 144 valence electrons. The molecule has 0 aliphatic carbocycles. The Morgan fingerprint density at radius 2 is 1.96 bits per heavy atom. The zero-order chi connectivity index (χ0) is 19.9. The second-order valence-electron chi connectivity index (χ2n) is 5.28. The van der Waals surface area contributed by atoms with Crippen LogP contribution < -0.4 is 5.32 Å². The van der Waals surface area contributed by atoms with Crippen LogP contribution in [0, 0.1) is 10.1 Å². The molecule has 0 radical (unpaired) electrons. The number of alkyl halides is 3. The Balaban J connectivity index is 2.73. The standard InChI is InChI=1S/C15H18F3N3O5/c1-2-20(8-6-14(23)24)13(22)5-7-19-11-4-3-10(15(16,17)18)9-12(11)21(25)26/h3-4,9,19H,2,5-8H2,1H3,(H,23,24). The zero-order valence-corrected chi connectivity index (χ0v) is 13.9. The lowest BCUT2D eigenvalue weighted by Gasteiger charge is -2.20. The first-order chi connectivity index (χ1) is 12.1. The van der Waals surface area contributed by atoms with E-state index in [2.05, 4.69) is 5.32 Å². The molecule has 1 aromatic rings. The van der Waals surface area contributed by atoms with Crippen molar-refractivity contribution in [1.29, 1.82) is 0 Å². The van der Waals surface area contributed by atoms with Crippen molar-refractivity contribution < 1.29 is 32.8 Å². The SMILES string of the molecule is CCN(CCC(=O)O)C(=O)CCNc1ccc(C(F)(F)F)cc1[N+](=O)[O-]. The molecule has 0 heterocycles. The molecule has 0 saturated carbocycles. The third-order valence-electron chi connectivity index (χ3n) is 3.51. The monoisotopic (exact) mass is 377 g/mol. The smallest absolute Gasteiger partial charge is 0.416 e. The molecule has 11 heteroatoms. The van der Waals surface area contributed by atoms with Gasteiger partial charge in [0.2, 0.25) is 5.91 Å². The molecule has 0 aromatic heterocycles. The normalized spacial score (nSPS) is 11.1. The maximum Gasteiger partial charge on any atom is 0.416 e. The Kier molecular flexibility index (Phi) is 7.35. The number of benzene rings is 1. The number of amides is 1. The summed E-state index contributed by atoms with van der Waals surface area (Å²) in [7, 11) is 0. The third-order valence-corrected chi connectivity index (χ3v) is 3.51. The van der Waals surface area contributed by atoms with Crippen LogP contribution in [-0.4, -0.2) is 46.4 Å². The predicted molar refractivity (Wildman–Crippen MR) is 85.7 cm³/mol. The average molecular weight is 377 g/mol. The van der Waals surface area contributed by atoms with E-state index in [0.29, 0.717) is 18.7 Å². The zero-order valence-electron chi connectivity index (χ0n) is 13.9. The molecule has 0 atom stereocenters. The van der Waals surface area contributed by atoms with Crippen LogP contribution in [0.25, 0.3) is 0 Å². The quantitative estimate of drug-likeness (QED) is 0.505. The first-order valence-corrected chi connectivity index (χ1v) is 7.65. The van der Waals surface area contributed by atoms with Gasteiger partial charge in [0.25, 0.3) is 5.69 Å². The Labute approximate surface area is 146 Å². The number of carbonyl (C=O) groups is 2. The van der Waals surface area contributed by atoms with Crippen molar-refractivity contribution in [3.8, 4) is 0 Å². The summed E-state index contributed by atoms with van der Waals surface area (Å²) in [6.07, 6.45) is -5.01. The van der Waals surface area contributed by atoms with Gasteiger partial charge in [-0.3, -0.25) is 19.7 Å². The molecule has 0 fully saturated rings. The van der Waals surface area contributed by atoms with E-state index in [0.717, 1.165) is 6.07 Å². The van der Waals surface area contributed by atoms with Gasteiger partial charge in [-0.25, -0.2) is 0 Å². The van der Waals surface area contributed by atoms with Gasteiger partial charge in [-0.15, -0.1) is 0 Å². The van der Waals surface area contributed by atoms with E-state index >= 15 is 0 Å². The Bertz CT molecular complexity index is 679. The van der Waals surface area contributed by atoms with Crippen LogP contribution >= 0.6 is 0 Å². The highest BCUT2D eigenvalue weighted by Gasteiger charge is 2.33. The van der Waals surface area contributed by atoms with Crippen LogP contribution in [0.4, 0.5) is 24.5 Å². The summed E-state index contributed by atoms with van der Waals surface area (Å²) in [6, 6.07) is 2.07. The minimum Gasteiger partial charge on any atom is -0.481 e. The van der Waals surface area contributed by atoms with Crippen molar-refractivity contribution in [2.24, 2.45) is 0 Å². The fourth-order valence-electron chi connectivity index (χ4n) is 2.16. The lowest BCUT2D eigenvalue weighted by atomic mass is 10.1. The molecular formula is C15H18F3N3O5. The van der Waals surface area contributed by atoms with Crippen LogP contribution in [0.1, 0.15) is 25.3 Å². The maximum atomic E-state index is 12.6. The molecular weight excluding hydrogens is 359 g/mol. The van der Waals surface area contributed by atoms with E-state index in [1.807, 2.05) is 0 Å². The number of nitrogens with zero attached hydrogens (tertiary/aromatic N) is 2.